The number of ether oxygens (including phenoxy) is 8. The molecular formula is C68H66Cl5F3IKMgN6O17. The number of Topliss-reactive ketones (excluding diaryl/α,β-unsaturated/α-hetero) is 1. The fourth-order valence-electron chi connectivity index (χ4n) is 8.70. The number of aliphatic carboxylic acids is 1. The number of methoxy groups -OCH3 is 6. The van der Waals surface area contributed by atoms with Gasteiger partial charge < -0.3 is 77.7 Å². The molecule has 102 heavy (non-hydrogen) atoms. The third-order valence-electron chi connectivity index (χ3n) is 13.2. The molecule has 0 radical (unpaired) electrons. The Morgan fingerprint density at radius 3 is 1.14 bits per heavy atom. The number of aromatic nitrogens is 6. The van der Waals surface area contributed by atoms with Crippen LogP contribution in [0.3, 0.4) is 0 Å². The average molecular weight is 1660 g/mol. The van der Waals surface area contributed by atoms with Crippen LogP contribution in [0.1, 0.15) is 92.5 Å². The number of nitrogens with zero attached hydrogens (tertiary/aromatic N) is 6. The zero-order chi connectivity index (χ0) is 73.3. The first-order valence-electron chi connectivity index (χ1n) is 29.3. The average Bonchev–Trinajstić information content (AvgIpc) is 0.872. The van der Waals surface area contributed by atoms with Gasteiger partial charge in [0.25, 0.3) is 5.91 Å². The summed E-state index contributed by atoms with van der Waals surface area (Å²) in [6, 6.07) is 23.2. The molecule has 23 nitrogen and oxygen atoms in total. The SMILES string of the molecule is CCOC(=O)CC(=O)[O-].CCOC(=O)CC(=O)c1cc(Cc2cccc(Cl)c2F)c(OC)cc1OC.COc1cc(OC)c(C(=O)O)cc1Cc1cccc(Cl)c1F.COc1cc(OC)c(C(=O)n2ccnc2)cc1Cc1cccc(Cl)c1F.O=C(n1ccnc1)n1ccnc1.[2H]CI.[Cl-].[Cl-].[K+].[Mg+2]. The number of halogens is 9. The molecule has 0 fully saturated rings. The molecule has 0 saturated heterocycles. The van der Waals surface area contributed by atoms with Crippen molar-refractivity contribution in [2.75, 3.05) is 60.8 Å². The predicted octanol–water partition coefficient (Wildman–Crippen LogP) is 2.95. The second-order valence-corrected chi connectivity index (χ2v) is 20.5. The molecule has 0 spiro atoms. The number of aromatic carboxylic acids is 1. The van der Waals surface area contributed by atoms with Crippen LogP contribution in [0.4, 0.5) is 18.0 Å². The van der Waals surface area contributed by atoms with Gasteiger partial charge in [0.1, 0.15) is 82.9 Å². The molecule has 0 aliphatic carbocycles. The molecule has 0 aliphatic heterocycles. The van der Waals surface area contributed by atoms with E-state index >= 15 is 0 Å². The van der Waals surface area contributed by atoms with Gasteiger partial charge in [-0.2, -0.15) is 0 Å². The molecular weight excluding hydrogens is 1600 g/mol. The molecule has 0 atom stereocenters. The van der Waals surface area contributed by atoms with Crippen molar-refractivity contribution in [3.8, 4) is 34.5 Å². The first-order valence-corrected chi connectivity index (χ1v) is 31.2. The van der Waals surface area contributed by atoms with Crippen LogP contribution in [0.2, 0.25) is 15.1 Å². The molecule has 0 saturated carbocycles. The molecule has 9 rings (SSSR count). The zero-order valence-electron chi connectivity index (χ0n) is 57.3. The number of hydrogen-bond donors (Lipinski definition) is 1. The first-order chi connectivity index (χ1) is 47.4. The Morgan fingerprint density at radius 1 is 0.510 bits per heavy atom. The fraction of sp³-hybridized carbons (Fsp3) is 0.235. The summed E-state index contributed by atoms with van der Waals surface area (Å²) in [5.74, 6) is -4.10. The monoisotopic (exact) mass is 1660 g/mol. The smallest absolute Gasteiger partial charge is 1.00 e. The van der Waals surface area contributed by atoms with E-state index in [-0.39, 0.29) is 181 Å². The molecule has 536 valence electrons. The van der Waals surface area contributed by atoms with Crippen molar-refractivity contribution >= 4 is 122 Å². The number of carboxylic acid groups (broad SMARTS) is 2. The van der Waals surface area contributed by atoms with Crippen LogP contribution < -0.4 is 110 Å². The predicted molar refractivity (Wildman–Crippen MR) is 368 cm³/mol. The van der Waals surface area contributed by atoms with Crippen molar-refractivity contribution in [2.45, 2.75) is 46.0 Å². The van der Waals surface area contributed by atoms with E-state index in [2.05, 4.69) is 19.7 Å². The van der Waals surface area contributed by atoms with Crippen LogP contribution in [0.15, 0.2) is 147 Å². The molecule has 0 aliphatic rings. The van der Waals surface area contributed by atoms with E-state index in [1.807, 2.05) is 22.6 Å². The minimum absolute atomic E-state index is 0. The Balaban J connectivity index is 0.00000129. The normalized spacial score (nSPS) is 9.81. The van der Waals surface area contributed by atoms with Crippen LogP contribution in [-0.4, -0.2) is 159 Å². The summed E-state index contributed by atoms with van der Waals surface area (Å²) in [6.07, 6.45) is 13.1. The third-order valence-corrected chi connectivity index (χ3v) is 14.1. The van der Waals surface area contributed by atoms with Crippen molar-refractivity contribution in [2.24, 2.45) is 0 Å². The molecule has 0 unspecified atom stereocenters. The Hall–Kier alpha value is -6.99. The van der Waals surface area contributed by atoms with Crippen molar-refractivity contribution < 1.29 is 172 Å². The molecule has 9 aromatic rings. The van der Waals surface area contributed by atoms with Crippen LogP contribution >= 0.6 is 57.4 Å². The number of ketones is 1. The van der Waals surface area contributed by atoms with Crippen LogP contribution in [0.25, 0.3) is 0 Å². The van der Waals surface area contributed by atoms with Gasteiger partial charge in [-0.3, -0.25) is 32.9 Å². The fourth-order valence-corrected chi connectivity index (χ4v) is 9.28. The number of imidazole rings is 3. The van der Waals surface area contributed by atoms with Gasteiger partial charge in [-0.25, -0.2) is 37.7 Å². The van der Waals surface area contributed by atoms with Gasteiger partial charge in [-0.05, 0) is 88.5 Å². The van der Waals surface area contributed by atoms with Gasteiger partial charge >= 0.3 is 98.4 Å². The number of benzene rings is 6. The summed E-state index contributed by atoms with van der Waals surface area (Å²) < 4.78 is 93.5. The first kappa shape index (κ1) is 93.0. The Kier molecular flexibility index (Phi) is 45.3. The Labute approximate surface area is 686 Å². The molecule has 6 aromatic carbocycles. The summed E-state index contributed by atoms with van der Waals surface area (Å²) in [5, 5.41) is 19.0. The maximum atomic E-state index is 14.3. The van der Waals surface area contributed by atoms with Gasteiger partial charge in [0.15, 0.2) is 5.78 Å². The van der Waals surface area contributed by atoms with E-state index in [1.165, 1.54) is 118 Å². The minimum Gasteiger partial charge on any atom is -1.00 e. The van der Waals surface area contributed by atoms with Crippen molar-refractivity contribution in [3.05, 3.63) is 230 Å². The molecule has 0 bridgehead atoms. The quantitative estimate of drug-likeness (QED) is 0.0270. The number of alkyl halides is 1. The maximum absolute atomic E-state index is 14.3. The van der Waals surface area contributed by atoms with E-state index in [9.17, 15) is 56.9 Å². The molecule has 3 heterocycles. The molecule has 3 aromatic heterocycles. The number of carbonyl (C=O) groups excluding carboxylic acids is 6. The van der Waals surface area contributed by atoms with Gasteiger partial charge in [0.2, 0.25) is 0 Å². The molecule has 34 heteroatoms. The van der Waals surface area contributed by atoms with Crippen molar-refractivity contribution in [1.29, 1.82) is 0 Å². The maximum Gasteiger partial charge on any atom is 2.00 e. The molecule has 0 amide bonds. The minimum atomic E-state index is -1.41. The second kappa shape index (κ2) is 49.6. The van der Waals surface area contributed by atoms with E-state index in [0.29, 0.717) is 66.8 Å². The summed E-state index contributed by atoms with van der Waals surface area (Å²) in [5.41, 5.74) is 3.35. The Morgan fingerprint density at radius 2 is 0.824 bits per heavy atom. The zero-order valence-corrected chi connectivity index (χ0v) is 66.8. The van der Waals surface area contributed by atoms with Crippen molar-refractivity contribution in [3.63, 3.8) is 0 Å². The number of carboxylic acids is 2. The van der Waals surface area contributed by atoms with E-state index in [4.69, 9.17) is 69.3 Å². The van der Waals surface area contributed by atoms with Crippen molar-refractivity contribution in [1.82, 2.24) is 28.7 Å². The number of carbonyl (C=O) groups is 7. The molecule has 1 N–H and O–H groups in total. The van der Waals surface area contributed by atoms with Gasteiger partial charge in [0.05, 0.1) is 94.5 Å². The van der Waals surface area contributed by atoms with Crippen LogP contribution in [-0.2, 0) is 43.1 Å². The van der Waals surface area contributed by atoms with Gasteiger partial charge in [-0.15, -0.1) is 0 Å². The second-order valence-electron chi connectivity index (χ2n) is 19.3. The summed E-state index contributed by atoms with van der Waals surface area (Å²) >= 11 is 19.4. The summed E-state index contributed by atoms with van der Waals surface area (Å²) in [6.45, 7) is 3.65. The number of hydrogen-bond acceptors (Lipinski definition) is 19. The largest absolute Gasteiger partial charge is 2.00 e. The summed E-state index contributed by atoms with van der Waals surface area (Å²) in [7, 11) is 8.67. The topological polar surface area (TPSA) is 290 Å². The van der Waals surface area contributed by atoms with Gasteiger partial charge in [0, 0.05) is 76.0 Å². The van der Waals surface area contributed by atoms with E-state index in [1.54, 1.807) is 99.4 Å². The van der Waals surface area contributed by atoms with E-state index in [0.717, 1.165) is 0 Å². The number of esters is 2. The summed E-state index contributed by atoms with van der Waals surface area (Å²) in [4.78, 5) is 91.3. The number of rotatable bonds is 21. The standard InChI is InChI=1S/C20H20ClFO5.C19H16ClFN2O3.C16H14ClFO4.C7H6N4O.C5H8O4.CH3I.2ClH.K.Mg/c1-4-27-19(24)10-16(23)14-9-13(17(25-2)11-18(14)26-3)8-12-6-5-7-15(21)20(12)22;1-25-16-10-17(26-2)14(19(24)23-7-6-22-11-23)9-13(16)8-12-4-3-5-15(20)18(12)21;1-21-13-8-14(22-2)11(16(19)20)7-10(13)6-9-4-3-5-12(17)15(9)18;12-7(10-3-1-8-5-10)11-4-2-9-6-11;1-2-9-5(8)3-4(6)7;1-2;;;;/h5-7,9,11H,4,8,10H2,1-3H3;3-7,9-11H,8H2,1-2H3;3-5,7-8H,6H2,1-2H3,(H,19,20);1-6H;2-3H2,1H3,(H,6,7);1H3;2*1H;;/q;;;;;;;;+1;+2/p-3/i;;;;;1D;;;;. The third kappa shape index (κ3) is 28.6. The van der Waals surface area contributed by atoms with Crippen LogP contribution in [0.5, 0.6) is 34.5 Å². The Bertz CT molecular complexity index is 4160. The van der Waals surface area contributed by atoms with Crippen LogP contribution in [0, 0.1) is 17.5 Å². The van der Waals surface area contributed by atoms with E-state index < -0.39 is 60.0 Å². The van der Waals surface area contributed by atoms with Gasteiger partial charge in [-0.1, -0.05) is 93.8 Å².